The van der Waals surface area contributed by atoms with E-state index in [-0.39, 0.29) is 18.2 Å². The molecule has 17 heavy (non-hydrogen) atoms. The van der Waals surface area contributed by atoms with E-state index in [2.05, 4.69) is 5.32 Å². The molecule has 2 heterocycles. The summed E-state index contributed by atoms with van der Waals surface area (Å²) < 4.78 is 5.62. The highest BCUT2D eigenvalue weighted by molar-refractivity contribution is 5.82. The number of urea groups is 1. The van der Waals surface area contributed by atoms with Gasteiger partial charge in [-0.15, -0.1) is 0 Å². The Hall–Kier alpha value is -1.30. The second kappa shape index (κ2) is 4.91. The number of hydrogen-bond donors (Lipinski definition) is 2. The van der Waals surface area contributed by atoms with Gasteiger partial charge in [-0.1, -0.05) is 6.92 Å². The molecule has 0 radical (unpaired) electrons. The summed E-state index contributed by atoms with van der Waals surface area (Å²) in [6.07, 6.45) is 2.63. The summed E-state index contributed by atoms with van der Waals surface area (Å²) in [4.78, 5) is 24.4. The second-order valence-electron chi connectivity index (χ2n) is 4.61. The van der Waals surface area contributed by atoms with Crippen LogP contribution in [-0.4, -0.2) is 53.3 Å². The fourth-order valence-corrected chi connectivity index (χ4v) is 2.36. The summed E-state index contributed by atoms with van der Waals surface area (Å²) in [5.74, 6) is -0.989. The van der Waals surface area contributed by atoms with Gasteiger partial charge < -0.3 is 20.1 Å². The molecule has 0 aliphatic carbocycles. The van der Waals surface area contributed by atoms with Crippen LogP contribution in [0.5, 0.6) is 0 Å². The molecule has 0 saturated carbocycles. The number of likely N-dealkylation sites (tertiary alicyclic amines) is 1. The van der Waals surface area contributed by atoms with Crippen LogP contribution in [0.15, 0.2) is 0 Å². The third kappa shape index (κ3) is 2.69. The number of amides is 2. The van der Waals surface area contributed by atoms with E-state index >= 15 is 0 Å². The van der Waals surface area contributed by atoms with Gasteiger partial charge >= 0.3 is 12.0 Å². The van der Waals surface area contributed by atoms with E-state index in [1.54, 1.807) is 11.8 Å². The Bertz CT molecular complexity index is 309. The predicted octanol–water partition coefficient (Wildman–Crippen LogP) is 0.422. The van der Waals surface area contributed by atoms with E-state index in [9.17, 15) is 9.59 Å². The normalized spacial score (nSPS) is 28.9. The van der Waals surface area contributed by atoms with Crippen molar-refractivity contribution in [3.8, 4) is 0 Å². The molecule has 3 atom stereocenters. The van der Waals surface area contributed by atoms with Crippen LogP contribution in [0, 0.1) is 0 Å². The maximum atomic E-state index is 11.9. The van der Waals surface area contributed by atoms with Crippen molar-refractivity contribution in [3.05, 3.63) is 0 Å². The summed E-state index contributed by atoms with van der Waals surface area (Å²) in [7, 11) is 0. The fourth-order valence-electron chi connectivity index (χ4n) is 2.36. The van der Waals surface area contributed by atoms with Gasteiger partial charge in [-0.25, -0.2) is 9.59 Å². The molecule has 2 N–H and O–H groups in total. The van der Waals surface area contributed by atoms with Crippen molar-refractivity contribution in [2.24, 2.45) is 0 Å². The first-order valence-corrected chi connectivity index (χ1v) is 6.04. The largest absolute Gasteiger partial charge is 0.480 e. The lowest BCUT2D eigenvalue weighted by Crippen LogP contribution is -2.53. The van der Waals surface area contributed by atoms with Gasteiger partial charge in [0.2, 0.25) is 0 Å². The number of rotatable bonds is 3. The number of carbonyl (C=O) groups excluding carboxylic acids is 1. The number of fused-ring (bicyclic) bond motifs is 2. The molecule has 2 amide bonds. The van der Waals surface area contributed by atoms with Crippen molar-refractivity contribution in [2.75, 3.05) is 13.1 Å². The van der Waals surface area contributed by atoms with Gasteiger partial charge in [0.15, 0.2) is 0 Å². The monoisotopic (exact) mass is 242 g/mol. The quantitative estimate of drug-likeness (QED) is 0.752. The smallest absolute Gasteiger partial charge is 0.326 e. The highest BCUT2D eigenvalue weighted by Crippen LogP contribution is 2.26. The van der Waals surface area contributed by atoms with Gasteiger partial charge in [-0.3, -0.25) is 0 Å². The van der Waals surface area contributed by atoms with Crippen molar-refractivity contribution >= 4 is 12.0 Å². The number of ether oxygens (including phenoxy) is 1. The lowest BCUT2D eigenvalue weighted by atomic mass is 10.2. The molecule has 0 aromatic carbocycles. The number of carboxylic acid groups (broad SMARTS) is 1. The van der Waals surface area contributed by atoms with Gasteiger partial charge in [0.1, 0.15) is 6.04 Å². The third-order valence-electron chi connectivity index (χ3n) is 3.33. The number of carboxylic acids is 1. The lowest BCUT2D eigenvalue weighted by molar-refractivity contribution is -0.139. The van der Waals surface area contributed by atoms with Gasteiger partial charge in [-0.2, -0.15) is 0 Å². The molecule has 2 saturated heterocycles. The summed E-state index contributed by atoms with van der Waals surface area (Å²) in [5.41, 5.74) is 0. The predicted molar refractivity (Wildman–Crippen MR) is 59.7 cm³/mol. The van der Waals surface area contributed by atoms with Crippen LogP contribution in [-0.2, 0) is 9.53 Å². The summed E-state index contributed by atoms with van der Waals surface area (Å²) in [6, 6.07) is -1.09. The summed E-state index contributed by atoms with van der Waals surface area (Å²) in [5, 5.41) is 11.4. The van der Waals surface area contributed by atoms with Crippen molar-refractivity contribution < 1.29 is 19.4 Å². The molecular weight excluding hydrogens is 224 g/mol. The van der Waals surface area contributed by atoms with Gasteiger partial charge in [0, 0.05) is 13.1 Å². The molecule has 2 rings (SSSR count). The van der Waals surface area contributed by atoms with Gasteiger partial charge in [0.05, 0.1) is 12.2 Å². The molecule has 0 aromatic rings. The minimum Gasteiger partial charge on any atom is -0.480 e. The van der Waals surface area contributed by atoms with Crippen molar-refractivity contribution in [3.63, 3.8) is 0 Å². The van der Waals surface area contributed by atoms with Crippen LogP contribution in [0.25, 0.3) is 0 Å². The Kier molecular flexibility index (Phi) is 3.51. The molecule has 2 aliphatic rings. The van der Waals surface area contributed by atoms with E-state index in [0.29, 0.717) is 19.5 Å². The molecule has 6 heteroatoms. The van der Waals surface area contributed by atoms with Crippen LogP contribution < -0.4 is 5.32 Å². The molecule has 0 aromatic heterocycles. The van der Waals surface area contributed by atoms with Crippen LogP contribution in [0.4, 0.5) is 4.79 Å². The third-order valence-corrected chi connectivity index (χ3v) is 3.33. The molecule has 6 nitrogen and oxygen atoms in total. The molecule has 2 fully saturated rings. The number of nitrogens with zero attached hydrogens (tertiary/aromatic N) is 1. The first-order valence-electron chi connectivity index (χ1n) is 6.04. The lowest BCUT2D eigenvalue weighted by Gasteiger charge is -2.32. The van der Waals surface area contributed by atoms with Crippen molar-refractivity contribution in [1.29, 1.82) is 0 Å². The Labute approximate surface area is 99.9 Å². The number of aliphatic carboxylic acids is 1. The topological polar surface area (TPSA) is 78.9 Å². The zero-order valence-corrected chi connectivity index (χ0v) is 9.89. The maximum Gasteiger partial charge on any atom is 0.326 e. The summed E-state index contributed by atoms with van der Waals surface area (Å²) >= 11 is 0. The highest BCUT2D eigenvalue weighted by Gasteiger charge is 2.36. The minimum absolute atomic E-state index is 0.129. The Morgan fingerprint density at radius 3 is 2.47 bits per heavy atom. The fraction of sp³-hybridized carbons (Fsp3) is 0.818. The average molecular weight is 242 g/mol. The van der Waals surface area contributed by atoms with E-state index < -0.39 is 12.0 Å². The summed E-state index contributed by atoms with van der Waals surface area (Å²) in [6.45, 7) is 2.87. The first-order chi connectivity index (χ1) is 8.10. The van der Waals surface area contributed by atoms with Gasteiger partial charge in [-0.05, 0) is 19.3 Å². The molecule has 2 aliphatic heterocycles. The molecule has 2 unspecified atom stereocenters. The van der Waals surface area contributed by atoms with Crippen LogP contribution in [0.1, 0.15) is 26.2 Å². The first kappa shape index (κ1) is 12.2. The number of hydrogen-bond acceptors (Lipinski definition) is 3. The minimum atomic E-state index is -0.989. The van der Waals surface area contributed by atoms with Gasteiger partial charge in [0.25, 0.3) is 0 Å². The number of carbonyl (C=O) groups is 2. The van der Waals surface area contributed by atoms with Crippen LogP contribution >= 0.6 is 0 Å². The van der Waals surface area contributed by atoms with Crippen LogP contribution in [0.2, 0.25) is 0 Å². The SMILES string of the molecule is CC[C@H](NC(=O)N1CC2CCC(C1)O2)C(=O)O. The van der Waals surface area contributed by atoms with Crippen molar-refractivity contribution in [1.82, 2.24) is 10.2 Å². The van der Waals surface area contributed by atoms with E-state index in [4.69, 9.17) is 9.84 Å². The van der Waals surface area contributed by atoms with Crippen molar-refractivity contribution in [2.45, 2.75) is 44.4 Å². The van der Waals surface area contributed by atoms with Crippen LogP contribution in [0.3, 0.4) is 0 Å². The zero-order chi connectivity index (χ0) is 12.4. The Morgan fingerprint density at radius 1 is 1.41 bits per heavy atom. The van der Waals surface area contributed by atoms with E-state index in [1.165, 1.54) is 0 Å². The van der Waals surface area contributed by atoms with E-state index in [1.807, 2.05) is 0 Å². The van der Waals surface area contributed by atoms with E-state index in [0.717, 1.165) is 12.8 Å². The molecular formula is C11H18N2O4. The molecule has 0 spiro atoms. The second-order valence-corrected chi connectivity index (χ2v) is 4.61. The standard InChI is InChI=1S/C11H18N2O4/c1-2-9(10(14)15)12-11(16)13-5-7-3-4-8(6-13)17-7/h7-9H,2-6H2,1H3,(H,12,16)(H,14,15)/t7?,8?,9-/m0/s1. The number of nitrogens with one attached hydrogen (secondary N) is 1. The molecule has 96 valence electrons. The maximum absolute atomic E-state index is 11.9. The Morgan fingerprint density at radius 2 is 2.00 bits per heavy atom. The zero-order valence-electron chi connectivity index (χ0n) is 9.89. The number of morpholine rings is 1. The molecule has 2 bridgehead atoms. The highest BCUT2D eigenvalue weighted by atomic mass is 16.5. The Balaban J connectivity index is 1.89. The average Bonchev–Trinajstić information content (AvgIpc) is 2.64.